The van der Waals surface area contributed by atoms with Gasteiger partial charge in [-0.3, -0.25) is 4.79 Å². The monoisotopic (exact) mass is 471 g/mol. The number of benzene rings is 1. The van der Waals surface area contributed by atoms with Gasteiger partial charge in [-0.2, -0.15) is 4.99 Å². The molecule has 1 aliphatic rings. The highest BCUT2D eigenvalue weighted by Crippen LogP contribution is 2.20. The lowest BCUT2D eigenvalue weighted by Crippen LogP contribution is -2.25. The first-order valence-corrected chi connectivity index (χ1v) is 10.2. The van der Waals surface area contributed by atoms with E-state index in [1.165, 1.54) is 4.88 Å². The number of carbonyl (C=O) groups excluding carboxylic acids is 1. The highest BCUT2D eigenvalue weighted by molar-refractivity contribution is 14.1. The van der Waals surface area contributed by atoms with Crippen LogP contribution in [0.15, 0.2) is 23.2 Å². The summed E-state index contributed by atoms with van der Waals surface area (Å²) < 4.78 is 8.90. The summed E-state index contributed by atoms with van der Waals surface area (Å²) in [6.45, 7) is 5.73. The molecule has 0 aliphatic carbocycles. The summed E-state index contributed by atoms with van der Waals surface area (Å²) in [5.74, 6) is -0.217. The number of carbonyl (C=O) groups is 1. The van der Waals surface area contributed by atoms with Crippen molar-refractivity contribution in [1.82, 2.24) is 4.57 Å². The van der Waals surface area contributed by atoms with Crippen LogP contribution in [0.25, 0.3) is 0 Å². The molecule has 1 saturated heterocycles. The van der Waals surface area contributed by atoms with Crippen molar-refractivity contribution in [1.29, 1.82) is 0 Å². The molecular formula is C18H22IN3O2S. The minimum absolute atomic E-state index is 0.215. The SMILES string of the molecule is CNc1ccc(I)cc1C(=O)/N=c1\sc(C)c(C)n1CC1CCCO1. The Labute approximate surface area is 165 Å². The molecule has 1 aromatic heterocycles. The molecule has 1 aliphatic heterocycles. The highest BCUT2D eigenvalue weighted by Gasteiger charge is 2.19. The second-order valence-corrected chi connectivity index (χ2v) is 8.56. The van der Waals surface area contributed by atoms with E-state index in [1.54, 1.807) is 11.3 Å². The standard InChI is InChI=1S/C18H22IN3O2S/c1-11-12(2)25-18(22(11)10-14-5-4-8-24-14)21-17(23)15-9-13(19)6-7-16(15)20-3/h6-7,9,14,20H,4-5,8,10H2,1-3H3/b21-18-. The third-order valence-corrected chi connectivity index (χ3v) is 6.25. The van der Waals surface area contributed by atoms with Crippen molar-refractivity contribution in [2.75, 3.05) is 19.0 Å². The van der Waals surface area contributed by atoms with E-state index >= 15 is 0 Å². The molecule has 1 N–H and O–H groups in total. The molecule has 1 atom stereocenters. The van der Waals surface area contributed by atoms with Crippen molar-refractivity contribution in [3.8, 4) is 0 Å². The van der Waals surface area contributed by atoms with E-state index in [2.05, 4.69) is 51.3 Å². The van der Waals surface area contributed by atoms with Gasteiger partial charge in [-0.05, 0) is 67.5 Å². The summed E-state index contributed by atoms with van der Waals surface area (Å²) in [5.41, 5.74) is 2.55. The molecule has 7 heteroatoms. The summed E-state index contributed by atoms with van der Waals surface area (Å²) in [4.78, 5) is 19.2. The quantitative estimate of drug-likeness (QED) is 0.692. The number of thiazole rings is 1. The van der Waals surface area contributed by atoms with E-state index in [0.717, 1.165) is 45.7 Å². The zero-order chi connectivity index (χ0) is 18.0. The molecule has 0 spiro atoms. The minimum atomic E-state index is -0.217. The maximum atomic E-state index is 12.8. The maximum absolute atomic E-state index is 12.8. The zero-order valence-corrected chi connectivity index (χ0v) is 17.6. The number of nitrogens with one attached hydrogen (secondary N) is 1. The Morgan fingerprint density at radius 3 is 2.96 bits per heavy atom. The van der Waals surface area contributed by atoms with E-state index in [-0.39, 0.29) is 12.0 Å². The van der Waals surface area contributed by atoms with Crippen molar-refractivity contribution in [3.63, 3.8) is 0 Å². The van der Waals surface area contributed by atoms with Gasteiger partial charge in [0.15, 0.2) is 4.80 Å². The summed E-state index contributed by atoms with van der Waals surface area (Å²) in [7, 11) is 1.82. The molecular weight excluding hydrogens is 449 g/mol. The smallest absolute Gasteiger partial charge is 0.281 e. The molecule has 1 aromatic carbocycles. The van der Waals surface area contributed by atoms with Crippen LogP contribution in [0.5, 0.6) is 0 Å². The van der Waals surface area contributed by atoms with Gasteiger partial charge in [-0.1, -0.05) is 0 Å². The fourth-order valence-electron chi connectivity index (χ4n) is 2.95. The van der Waals surface area contributed by atoms with Gasteiger partial charge in [0.25, 0.3) is 5.91 Å². The largest absolute Gasteiger partial charge is 0.387 e. The summed E-state index contributed by atoms with van der Waals surface area (Å²) in [5, 5.41) is 3.07. The van der Waals surface area contributed by atoms with E-state index in [4.69, 9.17) is 4.74 Å². The van der Waals surface area contributed by atoms with Crippen LogP contribution >= 0.6 is 33.9 Å². The lowest BCUT2D eigenvalue weighted by molar-refractivity contribution is 0.0946. The lowest BCUT2D eigenvalue weighted by atomic mass is 10.1. The van der Waals surface area contributed by atoms with E-state index in [9.17, 15) is 4.79 Å². The van der Waals surface area contributed by atoms with Crippen molar-refractivity contribution < 1.29 is 9.53 Å². The summed E-state index contributed by atoms with van der Waals surface area (Å²) in [6.07, 6.45) is 2.38. The van der Waals surface area contributed by atoms with Gasteiger partial charge in [-0.25, -0.2) is 0 Å². The van der Waals surface area contributed by atoms with Crippen LogP contribution in [0.2, 0.25) is 0 Å². The molecule has 1 fully saturated rings. The predicted octanol–water partition coefficient (Wildman–Crippen LogP) is 3.73. The first kappa shape index (κ1) is 18.6. The first-order valence-electron chi connectivity index (χ1n) is 8.34. The Morgan fingerprint density at radius 2 is 2.28 bits per heavy atom. The number of hydrogen-bond donors (Lipinski definition) is 1. The number of aromatic nitrogens is 1. The van der Waals surface area contributed by atoms with E-state index in [1.807, 2.05) is 25.2 Å². The Bertz CT molecular complexity index is 850. The number of anilines is 1. The molecule has 0 saturated carbocycles. The summed E-state index contributed by atoms with van der Waals surface area (Å²) in [6, 6.07) is 5.76. The Kier molecular flexibility index (Phi) is 5.96. The number of nitrogens with zero attached hydrogens (tertiary/aromatic N) is 2. The first-order chi connectivity index (χ1) is 12.0. The van der Waals surface area contributed by atoms with Gasteiger partial charge < -0.3 is 14.6 Å². The molecule has 2 heterocycles. The third-order valence-electron chi connectivity index (χ3n) is 4.48. The normalized spacial score (nSPS) is 17.9. The van der Waals surface area contributed by atoms with Crippen LogP contribution < -0.4 is 10.1 Å². The van der Waals surface area contributed by atoms with Crippen molar-refractivity contribution in [2.24, 2.45) is 4.99 Å². The molecule has 1 unspecified atom stereocenters. The molecule has 0 bridgehead atoms. The molecule has 3 rings (SSSR count). The maximum Gasteiger partial charge on any atom is 0.281 e. The van der Waals surface area contributed by atoms with Crippen molar-refractivity contribution in [3.05, 3.63) is 42.7 Å². The predicted molar refractivity (Wildman–Crippen MR) is 109 cm³/mol. The van der Waals surface area contributed by atoms with Crippen LogP contribution in [-0.2, 0) is 11.3 Å². The molecule has 25 heavy (non-hydrogen) atoms. The van der Waals surface area contributed by atoms with Crippen LogP contribution in [0.3, 0.4) is 0 Å². The van der Waals surface area contributed by atoms with Crippen molar-refractivity contribution >= 4 is 45.5 Å². The molecule has 134 valence electrons. The fourth-order valence-corrected chi connectivity index (χ4v) is 4.42. The summed E-state index contributed by atoms with van der Waals surface area (Å²) >= 11 is 3.77. The number of amides is 1. The van der Waals surface area contributed by atoms with Gasteiger partial charge in [-0.15, -0.1) is 11.3 Å². The van der Waals surface area contributed by atoms with Crippen LogP contribution in [0.4, 0.5) is 5.69 Å². The van der Waals surface area contributed by atoms with Gasteiger partial charge in [0.2, 0.25) is 0 Å². The average Bonchev–Trinajstić information content (AvgIpc) is 3.19. The number of ether oxygens (including phenoxy) is 1. The number of halogens is 1. The van der Waals surface area contributed by atoms with Crippen LogP contribution in [0, 0.1) is 17.4 Å². The Morgan fingerprint density at radius 1 is 1.48 bits per heavy atom. The Balaban J connectivity index is 1.99. The van der Waals surface area contributed by atoms with Crippen LogP contribution in [-0.4, -0.2) is 30.2 Å². The topological polar surface area (TPSA) is 55.6 Å². The molecule has 5 nitrogen and oxygen atoms in total. The second-order valence-electron chi connectivity index (χ2n) is 6.13. The second kappa shape index (κ2) is 8.01. The minimum Gasteiger partial charge on any atom is -0.387 e. The highest BCUT2D eigenvalue weighted by atomic mass is 127. The average molecular weight is 471 g/mol. The van der Waals surface area contributed by atoms with E-state index in [0.29, 0.717) is 5.56 Å². The molecule has 2 aromatic rings. The zero-order valence-electron chi connectivity index (χ0n) is 14.6. The molecule has 0 radical (unpaired) electrons. The van der Waals surface area contributed by atoms with Crippen molar-refractivity contribution in [2.45, 2.75) is 39.3 Å². The number of hydrogen-bond acceptors (Lipinski definition) is 4. The fraction of sp³-hybridized carbons (Fsp3) is 0.444. The lowest BCUT2D eigenvalue weighted by Gasteiger charge is -2.12. The van der Waals surface area contributed by atoms with Gasteiger partial charge in [0.05, 0.1) is 18.2 Å². The van der Waals surface area contributed by atoms with Gasteiger partial charge >= 0.3 is 0 Å². The van der Waals surface area contributed by atoms with Gasteiger partial charge in [0.1, 0.15) is 0 Å². The number of rotatable bonds is 4. The van der Waals surface area contributed by atoms with Crippen LogP contribution in [0.1, 0.15) is 33.8 Å². The Hall–Kier alpha value is -1.19. The van der Waals surface area contributed by atoms with E-state index < -0.39 is 0 Å². The molecule has 1 amide bonds. The third kappa shape index (κ3) is 4.15. The van der Waals surface area contributed by atoms with Gasteiger partial charge in [0, 0.05) is 33.5 Å². The number of aryl methyl sites for hydroxylation is 1.